The first kappa shape index (κ1) is 22.4. The van der Waals surface area contributed by atoms with E-state index in [4.69, 9.17) is 9.26 Å². The van der Waals surface area contributed by atoms with Crippen LogP contribution in [0.2, 0.25) is 0 Å². The van der Waals surface area contributed by atoms with Crippen LogP contribution in [0.5, 0.6) is 0 Å². The molecule has 1 aliphatic rings. The van der Waals surface area contributed by atoms with E-state index in [1.165, 1.54) is 29.5 Å². The molecule has 2 amide bonds. The van der Waals surface area contributed by atoms with E-state index in [2.05, 4.69) is 20.4 Å². The Labute approximate surface area is 197 Å². The molecule has 1 saturated heterocycles. The summed E-state index contributed by atoms with van der Waals surface area (Å²) in [4.78, 5) is 34.5. The predicted octanol–water partition coefficient (Wildman–Crippen LogP) is 3.78. The van der Waals surface area contributed by atoms with Gasteiger partial charge in [-0.05, 0) is 31.5 Å². The number of halogens is 2. The fourth-order valence-corrected chi connectivity index (χ4v) is 4.07. The van der Waals surface area contributed by atoms with E-state index in [1.54, 1.807) is 24.4 Å². The number of carbonyl (C=O) groups excluding carboxylic acids is 2. The van der Waals surface area contributed by atoms with Crippen LogP contribution in [-0.4, -0.2) is 56.6 Å². The molecular weight excluding hydrogens is 462 g/mol. The molecule has 12 heteroatoms. The Morgan fingerprint density at radius 2 is 2.11 bits per heavy atom. The number of nitrogens with one attached hydrogen (secondary N) is 1. The highest BCUT2D eigenvalue weighted by Gasteiger charge is 2.32. The molecule has 180 valence electrons. The highest BCUT2D eigenvalue weighted by molar-refractivity contribution is 6.04. The van der Waals surface area contributed by atoms with E-state index in [1.807, 2.05) is 0 Å². The van der Waals surface area contributed by atoms with Crippen LogP contribution in [-0.2, 0) is 4.74 Å². The molecule has 35 heavy (non-hydrogen) atoms. The normalized spacial score (nSPS) is 15.5. The van der Waals surface area contributed by atoms with Gasteiger partial charge in [0.05, 0.1) is 30.5 Å². The number of hydrogen-bond acceptors (Lipinski definition) is 7. The molecule has 0 spiro atoms. The summed E-state index contributed by atoms with van der Waals surface area (Å²) in [7, 11) is 1.29. The molecule has 0 aliphatic carbocycles. The van der Waals surface area contributed by atoms with E-state index in [9.17, 15) is 14.0 Å². The molecule has 5 rings (SSSR count). The zero-order valence-corrected chi connectivity index (χ0v) is 18.8. The van der Waals surface area contributed by atoms with Gasteiger partial charge in [-0.1, -0.05) is 11.2 Å². The first-order valence-electron chi connectivity index (χ1n) is 10.8. The first-order valence-corrected chi connectivity index (χ1v) is 10.8. The van der Waals surface area contributed by atoms with Crippen molar-refractivity contribution in [3.8, 4) is 11.4 Å². The number of anilines is 1. The number of amides is 2. The van der Waals surface area contributed by atoms with Crippen molar-refractivity contribution in [2.45, 2.75) is 19.3 Å². The summed E-state index contributed by atoms with van der Waals surface area (Å²) in [5.41, 5.74) is 0.0104. The smallest absolute Gasteiger partial charge is 0.409 e. The molecule has 1 atom stereocenters. The lowest BCUT2D eigenvalue weighted by molar-refractivity contribution is 0.102. The Morgan fingerprint density at radius 1 is 1.29 bits per heavy atom. The third-order valence-corrected chi connectivity index (χ3v) is 6.00. The Bertz CT molecular complexity index is 1450. The molecule has 4 aromatic rings. The van der Waals surface area contributed by atoms with Crippen molar-refractivity contribution in [1.82, 2.24) is 24.4 Å². The molecule has 1 N–H and O–H groups in total. The summed E-state index contributed by atoms with van der Waals surface area (Å²) >= 11 is 0. The number of rotatable bonds is 4. The maximum Gasteiger partial charge on any atom is 0.409 e. The number of fused-ring (bicyclic) bond motifs is 1. The van der Waals surface area contributed by atoms with Gasteiger partial charge in [-0.2, -0.15) is 4.98 Å². The van der Waals surface area contributed by atoms with Gasteiger partial charge in [0, 0.05) is 24.8 Å². The lowest BCUT2D eigenvalue weighted by atomic mass is 10.1. The average molecular weight is 482 g/mol. The number of likely N-dealkylation sites (tertiary alicyclic amines) is 1. The number of methoxy groups -OCH3 is 1. The molecule has 1 aromatic carbocycles. The zero-order valence-electron chi connectivity index (χ0n) is 18.8. The summed E-state index contributed by atoms with van der Waals surface area (Å²) in [6.07, 6.45) is 3.08. The van der Waals surface area contributed by atoms with Crippen LogP contribution in [0.25, 0.3) is 17.0 Å². The third-order valence-electron chi connectivity index (χ3n) is 6.00. The first-order chi connectivity index (χ1) is 16.9. The largest absolute Gasteiger partial charge is 0.453 e. The van der Waals surface area contributed by atoms with Crippen LogP contribution in [0.15, 0.2) is 41.2 Å². The Hall–Kier alpha value is -4.35. The van der Waals surface area contributed by atoms with Crippen molar-refractivity contribution in [2.24, 2.45) is 0 Å². The van der Waals surface area contributed by atoms with Crippen LogP contribution in [0.1, 0.15) is 34.3 Å². The minimum absolute atomic E-state index is 0.0818. The van der Waals surface area contributed by atoms with Crippen molar-refractivity contribution in [3.63, 3.8) is 0 Å². The van der Waals surface area contributed by atoms with Gasteiger partial charge in [0.1, 0.15) is 17.2 Å². The molecular formula is C23H20F2N6O4. The quantitative estimate of drug-likeness (QED) is 0.471. The molecule has 0 radical (unpaired) electrons. The number of hydrogen-bond donors (Lipinski definition) is 1. The standard InChI is InChI=1S/C23H20F2N6O4/c1-12-15(24)9-14(20-28-22(35-29-20)13-6-8-30(11-13)23(33)34-2)18(25)19(12)27-21(32)16-10-26-17-5-3-4-7-31(16)17/h3-5,7,9-10,13H,6,8,11H2,1-2H3,(H,27,32)/t13-/m1/s1. The molecule has 0 saturated carbocycles. The fraction of sp³-hybridized carbons (Fsp3) is 0.261. The molecule has 1 fully saturated rings. The van der Waals surface area contributed by atoms with Crippen LogP contribution in [0.3, 0.4) is 0 Å². The van der Waals surface area contributed by atoms with Crippen molar-refractivity contribution in [3.05, 3.63) is 65.4 Å². The predicted molar refractivity (Wildman–Crippen MR) is 119 cm³/mol. The summed E-state index contributed by atoms with van der Waals surface area (Å²) < 4.78 is 41.8. The minimum Gasteiger partial charge on any atom is -0.453 e. The van der Waals surface area contributed by atoms with Crippen molar-refractivity contribution < 1.29 is 27.6 Å². The Morgan fingerprint density at radius 3 is 2.91 bits per heavy atom. The molecule has 0 unspecified atom stereocenters. The number of pyridine rings is 1. The molecule has 3 aromatic heterocycles. The van der Waals surface area contributed by atoms with Crippen molar-refractivity contribution in [1.29, 1.82) is 0 Å². The summed E-state index contributed by atoms with van der Waals surface area (Å²) in [6, 6.07) is 6.16. The van der Waals surface area contributed by atoms with Gasteiger partial charge in [-0.15, -0.1) is 0 Å². The Balaban J connectivity index is 1.44. The van der Waals surface area contributed by atoms with Gasteiger partial charge in [-0.3, -0.25) is 9.20 Å². The fourth-order valence-electron chi connectivity index (χ4n) is 4.07. The number of benzene rings is 1. The van der Waals surface area contributed by atoms with E-state index < -0.39 is 23.6 Å². The molecule has 4 heterocycles. The van der Waals surface area contributed by atoms with Crippen LogP contribution < -0.4 is 5.32 Å². The lowest BCUT2D eigenvalue weighted by Gasteiger charge is -2.13. The van der Waals surface area contributed by atoms with Gasteiger partial charge in [0.2, 0.25) is 11.7 Å². The minimum atomic E-state index is -0.902. The lowest BCUT2D eigenvalue weighted by Crippen LogP contribution is -2.28. The maximum absolute atomic E-state index is 15.5. The second-order valence-electron chi connectivity index (χ2n) is 8.10. The van der Waals surface area contributed by atoms with Gasteiger partial charge in [0.15, 0.2) is 5.82 Å². The second-order valence-corrected chi connectivity index (χ2v) is 8.10. The number of aromatic nitrogens is 4. The van der Waals surface area contributed by atoms with Crippen molar-refractivity contribution in [2.75, 3.05) is 25.5 Å². The van der Waals surface area contributed by atoms with Gasteiger partial charge < -0.3 is 19.5 Å². The second kappa shape index (κ2) is 8.78. The number of nitrogens with zero attached hydrogens (tertiary/aromatic N) is 5. The van der Waals surface area contributed by atoms with Gasteiger partial charge >= 0.3 is 6.09 Å². The van der Waals surface area contributed by atoms with Crippen LogP contribution >= 0.6 is 0 Å². The highest BCUT2D eigenvalue weighted by atomic mass is 19.1. The van der Waals surface area contributed by atoms with Crippen LogP contribution in [0, 0.1) is 18.6 Å². The average Bonchev–Trinajstić information content (AvgIpc) is 3.62. The van der Waals surface area contributed by atoms with E-state index >= 15 is 4.39 Å². The summed E-state index contributed by atoms with van der Waals surface area (Å²) in [6.45, 7) is 2.11. The van der Waals surface area contributed by atoms with Crippen LogP contribution in [0.4, 0.5) is 19.3 Å². The summed E-state index contributed by atoms with van der Waals surface area (Å²) in [5, 5.41) is 6.26. The number of carbonyl (C=O) groups is 2. The number of imidazole rings is 1. The molecule has 1 aliphatic heterocycles. The van der Waals surface area contributed by atoms with Gasteiger partial charge in [-0.25, -0.2) is 18.6 Å². The highest BCUT2D eigenvalue weighted by Crippen LogP contribution is 2.33. The summed E-state index contributed by atoms with van der Waals surface area (Å²) in [5.74, 6) is -2.55. The monoisotopic (exact) mass is 482 g/mol. The van der Waals surface area contributed by atoms with E-state index in [0.717, 1.165) is 6.07 Å². The number of ether oxygens (including phenoxy) is 1. The third kappa shape index (κ3) is 3.96. The van der Waals surface area contributed by atoms with Gasteiger partial charge in [0.25, 0.3) is 5.91 Å². The maximum atomic E-state index is 15.5. The SMILES string of the molecule is COC(=O)N1CC[C@@H](c2nc(-c3cc(F)c(C)c(NC(=O)c4cnc5ccccn45)c3F)no2)C1. The Kier molecular flexibility index (Phi) is 5.63. The molecule has 10 nitrogen and oxygen atoms in total. The zero-order chi connectivity index (χ0) is 24.7. The topological polar surface area (TPSA) is 115 Å². The molecule has 0 bridgehead atoms. The van der Waals surface area contributed by atoms with Crippen molar-refractivity contribution >= 4 is 23.3 Å². The van der Waals surface area contributed by atoms with E-state index in [0.29, 0.717) is 25.2 Å². The van der Waals surface area contributed by atoms with E-state index in [-0.39, 0.29) is 40.1 Å².